The van der Waals surface area contributed by atoms with E-state index in [0.29, 0.717) is 16.9 Å². The van der Waals surface area contributed by atoms with Crippen molar-refractivity contribution in [1.82, 2.24) is 9.78 Å². The lowest BCUT2D eigenvalue weighted by Crippen LogP contribution is -2.04. The number of carbonyl (C=O) groups excluding carboxylic acids is 1. The van der Waals surface area contributed by atoms with E-state index in [9.17, 15) is 9.90 Å². The number of carbonyl (C=O) groups is 1. The van der Waals surface area contributed by atoms with Crippen LogP contribution in [-0.2, 0) is 4.74 Å². The van der Waals surface area contributed by atoms with Crippen molar-refractivity contribution in [2.45, 2.75) is 6.92 Å². The first-order valence-corrected chi connectivity index (χ1v) is 5.06. The van der Waals surface area contributed by atoms with Gasteiger partial charge in [-0.3, -0.25) is 0 Å². The minimum absolute atomic E-state index is 0.150. The summed E-state index contributed by atoms with van der Waals surface area (Å²) >= 11 is 0. The molecule has 0 bridgehead atoms. The van der Waals surface area contributed by atoms with Crippen molar-refractivity contribution in [2.75, 3.05) is 7.11 Å². The molecule has 0 aliphatic rings. The van der Waals surface area contributed by atoms with Crippen LogP contribution in [0, 0.1) is 6.92 Å². The van der Waals surface area contributed by atoms with Crippen molar-refractivity contribution in [3.8, 4) is 11.4 Å². The van der Waals surface area contributed by atoms with Crippen LogP contribution in [0.4, 0.5) is 0 Å². The maximum absolute atomic E-state index is 11.4. The summed E-state index contributed by atoms with van der Waals surface area (Å²) in [6, 6.07) is 6.65. The maximum Gasteiger partial charge on any atom is 0.341 e. The Kier molecular flexibility index (Phi) is 2.82. The largest absolute Gasteiger partial charge is 0.508 e. The topological polar surface area (TPSA) is 64.3 Å². The van der Waals surface area contributed by atoms with Crippen LogP contribution in [0.25, 0.3) is 5.69 Å². The summed E-state index contributed by atoms with van der Waals surface area (Å²) < 4.78 is 6.22. The first-order chi connectivity index (χ1) is 8.13. The summed E-state index contributed by atoms with van der Waals surface area (Å²) in [6.07, 6.45) is 1.45. The summed E-state index contributed by atoms with van der Waals surface area (Å²) in [6.45, 7) is 1.77. The van der Waals surface area contributed by atoms with Crippen LogP contribution in [-0.4, -0.2) is 28.0 Å². The Morgan fingerprint density at radius 2 is 2.24 bits per heavy atom. The fourth-order valence-electron chi connectivity index (χ4n) is 1.61. The van der Waals surface area contributed by atoms with Gasteiger partial charge in [0.2, 0.25) is 0 Å². The number of nitrogens with zero attached hydrogens (tertiary/aromatic N) is 2. The van der Waals surface area contributed by atoms with E-state index in [4.69, 9.17) is 0 Å². The number of hydrogen-bond acceptors (Lipinski definition) is 4. The van der Waals surface area contributed by atoms with Gasteiger partial charge in [-0.2, -0.15) is 5.10 Å². The van der Waals surface area contributed by atoms with Gasteiger partial charge in [0.25, 0.3) is 0 Å². The van der Waals surface area contributed by atoms with E-state index < -0.39 is 5.97 Å². The van der Waals surface area contributed by atoms with Crippen LogP contribution in [0.3, 0.4) is 0 Å². The minimum atomic E-state index is -0.422. The first kappa shape index (κ1) is 11.2. The summed E-state index contributed by atoms with van der Waals surface area (Å²) in [5, 5.41) is 13.5. The number of methoxy groups -OCH3 is 1. The number of phenolic OH excluding ortho intramolecular Hbond substituents is 1. The minimum Gasteiger partial charge on any atom is -0.508 e. The second kappa shape index (κ2) is 4.29. The van der Waals surface area contributed by atoms with Gasteiger partial charge in [-0.15, -0.1) is 0 Å². The molecule has 0 spiro atoms. The monoisotopic (exact) mass is 232 g/mol. The van der Waals surface area contributed by atoms with Crippen molar-refractivity contribution in [1.29, 1.82) is 0 Å². The number of aromatic nitrogens is 2. The lowest BCUT2D eigenvalue weighted by molar-refractivity contribution is 0.0600. The quantitative estimate of drug-likeness (QED) is 0.800. The van der Waals surface area contributed by atoms with E-state index in [2.05, 4.69) is 9.84 Å². The van der Waals surface area contributed by atoms with Crippen LogP contribution in [0.5, 0.6) is 5.75 Å². The van der Waals surface area contributed by atoms with E-state index in [1.807, 2.05) is 0 Å². The highest BCUT2D eigenvalue weighted by atomic mass is 16.5. The molecular formula is C12H12N2O3. The summed E-state index contributed by atoms with van der Waals surface area (Å²) in [4.78, 5) is 11.4. The molecule has 0 aliphatic carbocycles. The fraction of sp³-hybridized carbons (Fsp3) is 0.167. The summed E-state index contributed by atoms with van der Waals surface area (Å²) in [7, 11) is 1.33. The third kappa shape index (κ3) is 1.99. The fourth-order valence-corrected chi connectivity index (χ4v) is 1.61. The van der Waals surface area contributed by atoms with Gasteiger partial charge in [0.05, 0.1) is 24.7 Å². The van der Waals surface area contributed by atoms with Crippen molar-refractivity contribution in [3.63, 3.8) is 0 Å². The van der Waals surface area contributed by atoms with Crippen LogP contribution >= 0.6 is 0 Å². The molecule has 0 saturated heterocycles. The number of phenols is 1. The molecule has 0 aliphatic heterocycles. The molecule has 5 heteroatoms. The predicted octanol–water partition coefficient (Wildman–Crippen LogP) is 1.67. The molecule has 1 N–H and O–H groups in total. The molecule has 0 amide bonds. The molecule has 0 radical (unpaired) electrons. The lowest BCUT2D eigenvalue weighted by atomic mass is 10.2. The molecule has 17 heavy (non-hydrogen) atoms. The van der Waals surface area contributed by atoms with Gasteiger partial charge in [-0.05, 0) is 19.1 Å². The zero-order valence-corrected chi connectivity index (χ0v) is 9.54. The molecule has 1 heterocycles. The first-order valence-electron chi connectivity index (χ1n) is 5.06. The van der Waals surface area contributed by atoms with Gasteiger partial charge in [-0.1, -0.05) is 6.07 Å². The normalized spacial score (nSPS) is 10.2. The Bertz CT molecular complexity index is 561. The van der Waals surface area contributed by atoms with Gasteiger partial charge < -0.3 is 9.84 Å². The molecule has 1 aromatic heterocycles. The molecule has 0 saturated carbocycles. The molecule has 5 nitrogen and oxygen atoms in total. The molecule has 0 fully saturated rings. The van der Waals surface area contributed by atoms with E-state index >= 15 is 0 Å². The van der Waals surface area contributed by atoms with Crippen LogP contribution in [0.2, 0.25) is 0 Å². The van der Waals surface area contributed by atoms with Crippen LogP contribution in [0.15, 0.2) is 30.5 Å². The van der Waals surface area contributed by atoms with Crippen LogP contribution in [0.1, 0.15) is 16.1 Å². The Morgan fingerprint density at radius 3 is 2.88 bits per heavy atom. The van der Waals surface area contributed by atoms with Crippen molar-refractivity contribution in [3.05, 3.63) is 41.7 Å². The SMILES string of the molecule is COC(=O)c1cnn(-c2cccc(O)c2)c1C. The molecule has 2 rings (SSSR count). The molecule has 2 aromatic rings. The number of ether oxygens (including phenoxy) is 1. The van der Waals surface area contributed by atoms with Crippen LogP contribution < -0.4 is 0 Å². The van der Waals surface area contributed by atoms with Crippen molar-refractivity contribution >= 4 is 5.97 Å². The molecule has 1 aromatic carbocycles. The third-order valence-corrected chi connectivity index (χ3v) is 2.49. The van der Waals surface area contributed by atoms with E-state index in [0.717, 1.165) is 0 Å². The number of aromatic hydroxyl groups is 1. The Hall–Kier alpha value is -2.30. The average Bonchev–Trinajstić information content (AvgIpc) is 2.70. The summed E-state index contributed by atoms with van der Waals surface area (Å²) in [5.41, 5.74) is 1.77. The zero-order chi connectivity index (χ0) is 12.4. The third-order valence-electron chi connectivity index (χ3n) is 2.49. The zero-order valence-electron chi connectivity index (χ0n) is 9.54. The van der Waals surface area contributed by atoms with E-state index in [1.54, 1.807) is 35.9 Å². The smallest absolute Gasteiger partial charge is 0.341 e. The highest BCUT2D eigenvalue weighted by Crippen LogP contribution is 2.18. The number of hydrogen-bond donors (Lipinski definition) is 1. The van der Waals surface area contributed by atoms with Gasteiger partial charge in [-0.25, -0.2) is 9.48 Å². The second-order valence-electron chi connectivity index (χ2n) is 3.57. The van der Waals surface area contributed by atoms with Crippen molar-refractivity contribution in [2.24, 2.45) is 0 Å². The standard InChI is InChI=1S/C12H12N2O3/c1-8-11(12(16)17-2)7-13-14(8)9-4-3-5-10(15)6-9/h3-7,15H,1-2H3. The highest BCUT2D eigenvalue weighted by Gasteiger charge is 2.15. The molecule has 88 valence electrons. The highest BCUT2D eigenvalue weighted by molar-refractivity contribution is 5.90. The van der Waals surface area contributed by atoms with Gasteiger partial charge in [0.15, 0.2) is 0 Å². The lowest BCUT2D eigenvalue weighted by Gasteiger charge is -2.05. The van der Waals surface area contributed by atoms with E-state index in [1.165, 1.54) is 13.3 Å². The van der Waals surface area contributed by atoms with Crippen molar-refractivity contribution < 1.29 is 14.6 Å². The molecule has 0 unspecified atom stereocenters. The maximum atomic E-state index is 11.4. The van der Waals surface area contributed by atoms with E-state index in [-0.39, 0.29) is 5.75 Å². The second-order valence-corrected chi connectivity index (χ2v) is 3.57. The average molecular weight is 232 g/mol. The number of benzene rings is 1. The summed E-state index contributed by atoms with van der Waals surface area (Å²) in [5.74, 6) is -0.272. The van der Waals surface area contributed by atoms with Gasteiger partial charge in [0.1, 0.15) is 11.3 Å². The van der Waals surface area contributed by atoms with Gasteiger partial charge in [0, 0.05) is 6.07 Å². The Labute approximate surface area is 98.3 Å². The molecular weight excluding hydrogens is 220 g/mol. The predicted molar refractivity (Wildman–Crippen MR) is 61.3 cm³/mol. The Morgan fingerprint density at radius 1 is 1.47 bits per heavy atom. The number of rotatable bonds is 2. The molecule has 0 atom stereocenters. The number of esters is 1. The van der Waals surface area contributed by atoms with Gasteiger partial charge >= 0.3 is 5.97 Å². The Balaban J connectivity index is 2.48.